The van der Waals surface area contributed by atoms with Gasteiger partial charge in [-0.3, -0.25) is 0 Å². The van der Waals surface area contributed by atoms with E-state index in [1.165, 1.54) is 0 Å². The van der Waals surface area contributed by atoms with E-state index in [4.69, 9.17) is 23.2 Å². The van der Waals surface area contributed by atoms with E-state index in [2.05, 4.69) is 44.1 Å². The second-order valence-corrected chi connectivity index (χ2v) is 8.14. The first-order chi connectivity index (χ1) is 15.1. The third-order valence-electron chi connectivity index (χ3n) is 5.36. The van der Waals surface area contributed by atoms with Crippen molar-refractivity contribution < 1.29 is 0 Å². The van der Waals surface area contributed by atoms with Gasteiger partial charge in [-0.25, -0.2) is 10.4 Å². The van der Waals surface area contributed by atoms with E-state index in [1.54, 1.807) is 0 Å². The van der Waals surface area contributed by atoms with Crippen LogP contribution < -0.4 is 5.43 Å². The van der Waals surface area contributed by atoms with E-state index in [0.717, 1.165) is 38.8 Å². The zero-order valence-corrected chi connectivity index (χ0v) is 18.2. The molecule has 2 aromatic heterocycles. The lowest BCUT2D eigenvalue weighted by atomic mass is 10.1. The lowest BCUT2D eigenvalue weighted by molar-refractivity contribution is 0.804. The van der Waals surface area contributed by atoms with Crippen LogP contribution in [-0.2, 0) is 6.54 Å². The first-order valence-corrected chi connectivity index (χ1v) is 10.6. The van der Waals surface area contributed by atoms with Gasteiger partial charge in [0.25, 0.3) is 0 Å². The summed E-state index contributed by atoms with van der Waals surface area (Å²) in [6, 6.07) is 21.9. The maximum Gasteiger partial charge on any atom is 0.222 e. The molecule has 0 fully saturated rings. The summed E-state index contributed by atoms with van der Waals surface area (Å²) in [5.74, 6) is 0.606. The Morgan fingerprint density at radius 2 is 1.84 bits per heavy atom. The molecule has 0 saturated heterocycles. The predicted octanol–water partition coefficient (Wildman–Crippen LogP) is 6.63. The SMILES string of the molecule is Cc1c(/C=N\Nc2nc3ccccc3[nH]2)c2ccccc2n1Cc1ccc(Cl)c(Cl)c1. The molecule has 0 aliphatic carbocycles. The summed E-state index contributed by atoms with van der Waals surface area (Å²) in [4.78, 5) is 7.71. The Kier molecular flexibility index (Phi) is 5.14. The second-order valence-electron chi connectivity index (χ2n) is 7.32. The molecule has 0 bridgehead atoms. The van der Waals surface area contributed by atoms with Crippen LogP contribution in [0.25, 0.3) is 21.9 Å². The molecule has 0 atom stereocenters. The smallest absolute Gasteiger partial charge is 0.222 e. The molecule has 0 amide bonds. The summed E-state index contributed by atoms with van der Waals surface area (Å²) in [6.45, 7) is 2.79. The number of para-hydroxylation sites is 3. The van der Waals surface area contributed by atoms with E-state index >= 15 is 0 Å². The number of anilines is 1. The van der Waals surface area contributed by atoms with Gasteiger partial charge >= 0.3 is 0 Å². The quantitative estimate of drug-likeness (QED) is 0.234. The number of H-pyrrole nitrogens is 1. The second kappa shape index (κ2) is 8.10. The van der Waals surface area contributed by atoms with Gasteiger partial charge in [-0.15, -0.1) is 0 Å². The van der Waals surface area contributed by atoms with Gasteiger partial charge in [0.15, 0.2) is 0 Å². The van der Waals surface area contributed by atoms with Crippen LogP contribution in [0.4, 0.5) is 5.95 Å². The van der Waals surface area contributed by atoms with Gasteiger partial charge < -0.3 is 9.55 Å². The van der Waals surface area contributed by atoms with Crippen molar-refractivity contribution in [1.29, 1.82) is 0 Å². The first kappa shape index (κ1) is 19.7. The fraction of sp³-hybridized carbons (Fsp3) is 0.0833. The van der Waals surface area contributed by atoms with Crippen LogP contribution in [0.3, 0.4) is 0 Å². The Morgan fingerprint density at radius 1 is 1.03 bits per heavy atom. The van der Waals surface area contributed by atoms with Crippen molar-refractivity contribution in [2.24, 2.45) is 5.10 Å². The van der Waals surface area contributed by atoms with E-state index in [0.29, 0.717) is 22.5 Å². The molecule has 5 aromatic rings. The highest BCUT2D eigenvalue weighted by molar-refractivity contribution is 6.42. The summed E-state index contributed by atoms with van der Waals surface area (Å²) in [5.41, 5.74) is 9.26. The van der Waals surface area contributed by atoms with E-state index in [9.17, 15) is 0 Å². The van der Waals surface area contributed by atoms with Crippen molar-refractivity contribution in [2.45, 2.75) is 13.5 Å². The minimum absolute atomic E-state index is 0.559. The summed E-state index contributed by atoms with van der Waals surface area (Å²) < 4.78 is 2.26. The normalized spacial score (nSPS) is 11.7. The summed E-state index contributed by atoms with van der Waals surface area (Å²) in [5, 5.41) is 6.70. The minimum atomic E-state index is 0.559. The van der Waals surface area contributed by atoms with Crippen LogP contribution in [0.2, 0.25) is 10.0 Å². The Hall–Kier alpha value is -3.28. The molecule has 0 saturated carbocycles. The summed E-state index contributed by atoms with van der Waals surface area (Å²) in [6.07, 6.45) is 1.84. The van der Waals surface area contributed by atoms with Crippen LogP contribution >= 0.6 is 23.2 Å². The highest BCUT2D eigenvalue weighted by Gasteiger charge is 2.13. The Balaban J connectivity index is 1.47. The zero-order chi connectivity index (χ0) is 21.4. The number of halogens is 2. The maximum atomic E-state index is 6.22. The van der Waals surface area contributed by atoms with Gasteiger partial charge in [0, 0.05) is 28.7 Å². The van der Waals surface area contributed by atoms with Gasteiger partial charge in [-0.05, 0) is 42.8 Å². The zero-order valence-electron chi connectivity index (χ0n) is 16.7. The van der Waals surface area contributed by atoms with Gasteiger partial charge in [0.1, 0.15) is 0 Å². The van der Waals surface area contributed by atoms with E-state index < -0.39 is 0 Å². The molecule has 31 heavy (non-hydrogen) atoms. The van der Waals surface area contributed by atoms with Crippen molar-refractivity contribution in [3.8, 4) is 0 Å². The number of aromatic amines is 1. The molecular formula is C24H19Cl2N5. The predicted molar refractivity (Wildman–Crippen MR) is 130 cm³/mol. The molecule has 154 valence electrons. The molecule has 5 rings (SSSR count). The van der Waals surface area contributed by atoms with Crippen LogP contribution in [-0.4, -0.2) is 20.7 Å². The van der Waals surface area contributed by atoms with Crippen molar-refractivity contribution in [3.05, 3.63) is 93.6 Å². The molecule has 7 heteroatoms. The molecule has 2 heterocycles. The minimum Gasteiger partial charge on any atom is -0.340 e. The van der Waals surface area contributed by atoms with Gasteiger partial charge in [0.2, 0.25) is 5.95 Å². The average Bonchev–Trinajstić information content (AvgIpc) is 3.30. The first-order valence-electron chi connectivity index (χ1n) is 9.86. The van der Waals surface area contributed by atoms with Crippen LogP contribution in [0.1, 0.15) is 16.8 Å². The number of nitrogens with zero attached hydrogens (tertiary/aromatic N) is 3. The third-order valence-corrected chi connectivity index (χ3v) is 6.10. The van der Waals surface area contributed by atoms with E-state index in [-0.39, 0.29) is 0 Å². The molecule has 0 spiro atoms. The number of hydrogen-bond donors (Lipinski definition) is 2. The van der Waals surface area contributed by atoms with Crippen molar-refractivity contribution in [1.82, 2.24) is 14.5 Å². The molecule has 3 aromatic carbocycles. The summed E-state index contributed by atoms with van der Waals surface area (Å²) >= 11 is 12.3. The number of benzene rings is 3. The van der Waals surface area contributed by atoms with Crippen molar-refractivity contribution in [3.63, 3.8) is 0 Å². The number of hydrogen-bond acceptors (Lipinski definition) is 3. The average molecular weight is 448 g/mol. The van der Waals surface area contributed by atoms with Crippen molar-refractivity contribution in [2.75, 3.05) is 5.43 Å². The number of fused-ring (bicyclic) bond motifs is 2. The number of imidazole rings is 1. The van der Waals surface area contributed by atoms with Crippen LogP contribution in [0, 0.1) is 6.92 Å². The Labute approximate surface area is 189 Å². The highest BCUT2D eigenvalue weighted by Crippen LogP contribution is 2.28. The number of hydrazone groups is 1. The van der Waals surface area contributed by atoms with E-state index in [1.807, 2.05) is 60.8 Å². The lowest BCUT2D eigenvalue weighted by Crippen LogP contribution is -2.02. The lowest BCUT2D eigenvalue weighted by Gasteiger charge is -2.09. The monoisotopic (exact) mass is 447 g/mol. The number of rotatable bonds is 5. The van der Waals surface area contributed by atoms with Gasteiger partial charge in [-0.1, -0.05) is 59.6 Å². The molecule has 0 radical (unpaired) electrons. The fourth-order valence-electron chi connectivity index (χ4n) is 3.81. The maximum absolute atomic E-state index is 6.22. The molecule has 0 aliphatic heterocycles. The van der Waals surface area contributed by atoms with Crippen LogP contribution in [0.15, 0.2) is 71.8 Å². The number of aromatic nitrogens is 3. The third kappa shape index (κ3) is 3.78. The molecule has 0 aliphatic rings. The van der Waals surface area contributed by atoms with Crippen LogP contribution in [0.5, 0.6) is 0 Å². The molecule has 2 N–H and O–H groups in total. The topological polar surface area (TPSA) is 58.0 Å². The van der Waals surface area contributed by atoms with Gasteiger partial charge in [0.05, 0.1) is 27.3 Å². The number of nitrogens with one attached hydrogen (secondary N) is 2. The Morgan fingerprint density at radius 3 is 2.68 bits per heavy atom. The standard InChI is InChI=1S/C24H19Cl2N5/c1-15-18(13-27-30-24-28-21-7-3-4-8-22(21)29-24)17-6-2-5-9-23(17)31(15)14-16-10-11-19(25)20(26)12-16/h2-13H,14H2,1H3,(H2,28,29,30)/b27-13-. The van der Waals surface area contributed by atoms with Gasteiger partial charge in [-0.2, -0.15) is 5.10 Å². The largest absolute Gasteiger partial charge is 0.340 e. The highest BCUT2D eigenvalue weighted by atomic mass is 35.5. The Bertz CT molecular complexity index is 1400. The molecule has 5 nitrogen and oxygen atoms in total. The summed E-state index contributed by atoms with van der Waals surface area (Å²) in [7, 11) is 0. The van der Waals surface area contributed by atoms with Crippen molar-refractivity contribution >= 4 is 57.3 Å². The molecular weight excluding hydrogens is 429 g/mol. The fourth-order valence-corrected chi connectivity index (χ4v) is 4.13. The molecule has 0 unspecified atom stereocenters.